The second-order valence-corrected chi connectivity index (χ2v) is 7.16. The first-order valence-electron chi connectivity index (χ1n) is 9.16. The zero-order valence-corrected chi connectivity index (χ0v) is 16.9. The van der Waals surface area contributed by atoms with Gasteiger partial charge in [0.15, 0.2) is 5.11 Å². The number of carbonyl (C=O) groups excluding carboxylic acids is 1. The van der Waals surface area contributed by atoms with Crippen LogP contribution in [0.3, 0.4) is 0 Å². The average molecular weight is 376 g/mol. The second kappa shape index (κ2) is 9.57. The highest BCUT2D eigenvalue weighted by Gasteiger charge is 2.30. The van der Waals surface area contributed by atoms with Gasteiger partial charge in [-0.2, -0.15) is 0 Å². The number of hydrogen-bond acceptors (Lipinski definition) is 3. The Morgan fingerprint density at radius 3 is 2.50 bits per heavy atom. The largest absolute Gasteiger partial charge is 0.494 e. The van der Waals surface area contributed by atoms with Crippen molar-refractivity contribution in [2.45, 2.75) is 45.6 Å². The number of allylic oxidation sites excluding steroid dienone is 1. The summed E-state index contributed by atoms with van der Waals surface area (Å²) in [6, 6.07) is 7.62. The van der Waals surface area contributed by atoms with Crippen LogP contribution in [-0.2, 0) is 4.79 Å². The lowest BCUT2D eigenvalue weighted by Crippen LogP contribution is -2.46. The van der Waals surface area contributed by atoms with Crippen molar-refractivity contribution >= 4 is 23.2 Å². The van der Waals surface area contributed by atoms with Gasteiger partial charge in [-0.25, -0.2) is 0 Å². The monoisotopic (exact) mass is 375 g/mol. The molecule has 0 unspecified atom stereocenters. The first-order valence-corrected chi connectivity index (χ1v) is 9.57. The van der Waals surface area contributed by atoms with Crippen molar-refractivity contribution in [2.24, 2.45) is 0 Å². The maximum atomic E-state index is 12.6. The molecule has 0 bridgehead atoms. The van der Waals surface area contributed by atoms with E-state index in [9.17, 15) is 4.79 Å². The Kier molecular flexibility index (Phi) is 7.45. The summed E-state index contributed by atoms with van der Waals surface area (Å²) in [4.78, 5) is 14.2. The van der Waals surface area contributed by atoms with Gasteiger partial charge in [0.2, 0.25) is 0 Å². The summed E-state index contributed by atoms with van der Waals surface area (Å²) in [6.07, 6.45) is 4.74. The standard InChI is InChI=1S/C20H29N3O2S/c1-5-6-7-8-13-25-16-11-9-15(10-12-16)18-17(19(24)23(3)4)14(2)21-20(26)22-18/h9-12,18H,5-8,13H2,1-4H3,(H2,21,22,26)/t18-/m0/s1. The molecule has 6 heteroatoms. The number of nitrogens with zero attached hydrogens (tertiary/aromatic N) is 1. The first kappa shape index (κ1) is 20.2. The molecule has 1 amide bonds. The molecule has 5 nitrogen and oxygen atoms in total. The molecule has 0 saturated heterocycles. The quantitative estimate of drug-likeness (QED) is 0.538. The van der Waals surface area contributed by atoms with E-state index >= 15 is 0 Å². The molecule has 2 N–H and O–H groups in total. The van der Waals surface area contributed by atoms with Crippen molar-refractivity contribution in [3.63, 3.8) is 0 Å². The van der Waals surface area contributed by atoms with Gasteiger partial charge in [0, 0.05) is 19.8 Å². The Labute approximate surface area is 161 Å². The fourth-order valence-electron chi connectivity index (χ4n) is 2.94. The molecule has 0 fully saturated rings. The summed E-state index contributed by atoms with van der Waals surface area (Å²) in [7, 11) is 3.50. The highest BCUT2D eigenvalue weighted by Crippen LogP contribution is 2.29. The number of thiocarbonyl (C=S) groups is 1. The highest BCUT2D eigenvalue weighted by atomic mass is 32.1. The third kappa shape index (κ3) is 5.21. The second-order valence-electron chi connectivity index (χ2n) is 6.75. The number of benzene rings is 1. The van der Waals surface area contributed by atoms with Crippen molar-refractivity contribution < 1.29 is 9.53 Å². The molecule has 142 valence electrons. The van der Waals surface area contributed by atoms with Gasteiger partial charge in [0.1, 0.15) is 5.75 Å². The fourth-order valence-corrected chi connectivity index (χ4v) is 3.21. The molecule has 1 aliphatic heterocycles. The SMILES string of the molecule is CCCCCCOc1ccc([C@@H]2NC(=S)NC(C)=C2C(=O)N(C)C)cc1. The molecule has 0 saturated carbocycles. The number of ether oxygens (including phenoxy) is 1. The molecule has 0 aromatic heterocycles. The first-order chi connectivity index (χ1) is 12.4. The van der Waals surface area contributed by atoms with Crippen LogP contribution in [0.5, 0.6) is 5.75 Å². The van der Waals surface area contributed by atoms with Crippen LogP contribution in [0.25, 0.3) is 0 Å². The van der Waals surface area contributed by atoms with Crippen molar-refractivity contribution in [3.05, 3.63) is 41.1 Å². The summed E-state index contributed by atoms with van der Waals surface area (Å²) in [5.74, 6) is 0.814. The number of rotatable bonds is 8. The van der Waals surface area contributed by atoms with E-state index < -0.39 is 0 Å². The van der Waals surface area contributed by atoms with E-state index in [1.54, 1.807) is 19.0 Å². The predicted octanol–water partition coefficient (Wildman–Crippen LogP) is 3.53. The molecule has 0 radical (unpaired) electrons. The van der Waals surface area contributed by atoms with Gasteiger partial charge >= 0.3 is 0 Å². The zero-order valence-electron chi connectivity index (χ0n) is 16.1. The molecule has 1 atom stereocenters. The van der Waals surface area contributed by atoms with E-state index in [1.165, 1.54) is 19.3 Å². The number of unbranched alkanes of at least 4 members (excludes halogenated alkanes) is 3. The summed E-state index contributed by atoms with van der Waals surface area (Å²) >= 11 is 5.28. The molecule has 1 aliphatic rings. The molecule has 26 heavy (non-hydrogen) atoms. The maximum absolute atomic E-state index is 12.6. The number of likely N-dealkylation sites (N-methyl/N-ethyl adjacent to an activating group) is 1. The summed E-state index contributed by atoms with van der Waals surface area (Å²) < 4.78 is 5.80. The van der Waals surface area contributed by atoms with Gasteiger partial charge in [-0.1, -0.05) is 38.3 Å². The molecular formula is C20H29N3O2S. The number of nitrogens with one attached hydrogen (secondary N) is 2. The number of carbonyl (C=O) groups is 1. The maximum Gasteiger partial charge on any atom is 0.253 e. The van der Waals surface area contributed by atoms with Crippen LogP contribution in [0.1, 0.15) is 51.1 Å². The van der Waals surface area contributed by atoms with Gasteiger partial charge < -0.3 is 20.3 Å². The Balaban J connectivity index is 2.11. The van der Waals surface area contributed by atoms with Crippen molar-refractivity contribution in [3.8, 4) is 5.75 Å². The molecule has 2 rings (SSSR count). The summed E-state index contributed by atoms with van der Waals surface area (Å²) in [5, 5.41) is 6.78. The smallest absolute Gasteiger partial charge is 0.253 e. The lowest BCUT2D eigenvalue weighted by atomic mass is 9.94. The van der Waals surface area contributed by atoms with E-state index in [4.69, 9.17) is 17.0 Å². The zero-order chi connectivity index (χ0) is 19.1. The summed E-state index contributed by atoms with van der Waals surface area (Å²) in [5.41, 5.74) is 2.45. The van der Waals surface area contributed by atoms with Crippen LogP contribution in [0.2, 0.25) is 0 Å². The Morgan fingerprint density at radius 1 is 1.19 bits per heavy atom. The Bertz CT molecular complexity index is 668. The van der Waals surface area contributed by atoms with E-state index in [1.807, 2.05) is 31.2 Å². The number of amides is 1. The highest BCUT2D eigenvalue weighted by molar-refractivity contribution is 7.80. The third-order valence-electron chi connectivity index (χ3n) is 4.39. The normalized spacial score (nSPS) is 16.8. The van der Waals surface area contributed by atoms with E-state index in [2.05, 4.69) is 17.6 Å². The van der Waals surface area contributed by atoms with Crippen molar-refractivity contribution in [1.29, 1.82) is 0 Å². The molecular weight excluding hydrogens is 346 g/mol. The minimum absolute atomic E-state index is 0.0359. The molecule has 1 aromatic rings. The van der Waals surface area contributed by atoms with Crippen molar-refractivity contribution in [1.82, 2.24) is 15.5 Å². The van der Waals surface area contributed by atoms with E-state index in [0.29, 0.717) is 10.7 Å². The van der Waals surface area contributed by atoms with Crippen LogP contribution in [0.15, 0.2) is 35.5 Å². The van der Waals surface area contributed by atoms with Crippen LogP contribution in [-0.4, -0.2) is 36.6 Å². The van der Waals surface area contributed by atoms with E-state index in [-0.39, 0.29) is 11.9 Å². The van der Waals surface area contributed by atoms with E-state index in [0.717, 1.165) is 30.0 Å². The van der Waals surface area contributed by atoms with Gasteiger partial charge in [-0.15, -0.1) is 0 Å². The average Bonchev–Trinajstić information content (AvgIpc) is 2.61. The topological polar surface area (TPSA) is 53.6 Å². The van der Waals surface area contributed by atoms with Crippen LogP contribution in [0.4, 0.5) is 0 Å². The Hall–Kier alpha value is -2.08. The lowest BCUT2D eigenvalue weighted by molar-refractivity contribution is -0.125. The van der Waals surface area contributed by atoms with Gasteiger partial charge in [0.25, 0.3) is 5.91 Å². The minimum Gasteiger partial charge on any atom is -0.494 e. The molecule has 1 aromatic carbocycles. The Morgan fingerprint density at radius 2 is 1.88 bits per heavy atom. The summed E-state index contributed by atoms with van der Waals surface area (Å²) in [6.45, 7) is 4.81. The van der Waals surface area contributed by atoms with Gasteiger partial charge in [0.05, 0.1) is 18.2 Å². The van der Waals surface area contributed by atoms with Gasteiger partial charge in [-0.3, -0.25) is 4.79 Å². The van der Waals surface area contributed by atoms with Crippen LogP contribution < -0.4 is 15.4 Å². The molecule has 0 spiro atoms. The molecule has 1 heterocycles. The fraction of sp³-hybridized carbons (Fsp3) is 0.500. The minimum atomic E-state index is -0.266. The lowest BCUT2D eigenvalue weighted by Gasteiger charge is -2.31. The predicted molar refractivity (Wildman–Crippen MR) is 109 cm³/mol. The van der Waals surface area contributed by atoms with Gasteiger partial charge in [-0.05, 0) is 43.3 Å². The van der Waals surface area contributed by atoms with Crippen LogP contribution >= 0.6 is 12.2 Å². The van der Waals surface area contributed by atoms with Crippen molar-refractivity contribution in [2.75, 3.05) is 20.7 Å². The molecule has 0 aliphatic carbocycles. The van der Waals surface area contributed by atoms with Crippen LogP contribution in [0, 0.1) is 0 Å². The number of hydrogen-bond donors (Lipinski definition) is 2. The third-order valence-corrected chi connectivity index (χ3v) is 4.61.